The Morgan fingerprint density at radius 1 is 0.844 bits per heavy atom. The number of pyridine rings is 1. The Balaban J connectivity index is 1.73. The number of aliphatic hydroxyl groups excluding tert-OH is 1. The number of Topliss-reactive ketones (excluding diaryl/α,β-unsaturated/α-hetero) is 1. The average Bonchev–Trinajstić information content (AvgIpc) is 2.96. The normalized spacial score (nSPS) is 20.2. The maximum absolute atomic E-state index is 12.3. The van der Waals surface area contributed by atoms with Gasteiger partial charge in [0, 0.05) is 24.6 Å². The number of ketones is 1. The van der Waals surface area contributed by atoms with Gasteiger partial charge in [-0.2, -0.15) is 4.57 Å². The summed E-state index contributed by atoms with van der Waals surface area (Å²) >= 11 is 0. The zero-order valence-electron chi connectivity index (χ0n) is 29.3. The molecule has 0 spiro atoms. The molecule has 0 aromatic carbocycles. The van der Waals surface area contributed by atoms with Crippen molar-refractivity contribution in [2.45, 2.75) is 101 Å². The fraction of sp³-hybridized carbons (Fsp3) is 0.429. The van der Waals surface area contributed by atoms with Crippen LogP contribution in [0.3, 0.4) is 0 Å². The Hall–Kier alpha value is -3.56. The summed E-state index contributed by atoms with van der Waals surface area (Å²) in [6.07, 6.45) is 30.9. The van der Waals surface area contributed by atoms with Crippen LogP contribution in [0.5, 0.6) is 0 Å². The summed E-state index contributed by atoms with van der Waals surface area (Å²) in [5.74, 6) is 0.263. The molecule has 2 aliphatic carbocycles. The van der Waals surface area contributed by atoms with Gasteiger partial charge in [0.05, 0.1) is 0 Å². The van der Waals surface area contributed by atoms with Crippen LogP contribution in [-0.2, 0) is 11.3 Å². The summed E-state index contributed by atoms with van der Waals surface area (Å²) in [6.45, 7) is 20.4. The van der Waals surface area contributed by atoms with Crippen LogP contribution in [0.15, 0.2) is 112 Å². The van der Waals surface area contributed by atoms with E-state index in [1.54, 1.807) is 0 Å². The Labute approximate surface area is 273 Å². The molecule has 0 amide bonds. The predicted octanol–water partition coefficient (Wildman–Crippen LogP) is 10.2. The number of nitrogens with zero attached hydrogens (tertiary/aromatic N) is 1. The van der Waals surface area contributed by atoms with Crippen molar-refractivity contribution in [3.63, 3.8) is 0 Å². The fourth-order valence-electron chi connectivity index (χ4n) is 6.36. The first-order valence-corrected chi connectivity index (χ1v) is 16.6. The Kier molecular flexibility index (Phi) is 12.9. The van der Waals surface area contributed by atoms with Crippen LogP contribution in [0, 0.1) is 10.8 Å². The molecule has 0 bridgehead atoms. The van der Waals surface area contributed by atoms with E-state index < -0.39 is 0 Å². The quantitative estimate of drug-likeness (QED) is 0.201. The summed E-state index contributed by atoms with van der Waals surface area (Å²) in [6, 6.07) is 4.22. The van der Waals surface area contributed by atoms with E-state index in [2.05, 4.69) is 139 Å². The van der Waals surface area contributed by atoms with Crippen molar-refractivity contribution >= 4 is 17.9 Å². The number of aromatic nitrogens is 1. The first-order chi connectivity index (χ1) is 21.2. The molecule has 0 aliphatic heterocycles. The molecular formula is C42H56NO2+. The van der Waals surface area contributed by atoms with E-state index in [0.29, 0.717) is 13.0 Å². The minimum absolute atomic E-state index is 0.0190. The van der Waals surface area contributed by atoms with Gasteiger partial charge in [0.25, 0.3) is 0 Å². The van der Waals surface area contributed by atoms with Crippen molar-refractivity contribution in [2.24, 2.45) is 10.8 Å². The Morgan fingerprint density at radius 2 is 1.49 bits per heavy atom. The van der Waals surface area contributed by atoms with Crippen molar-refractivity contribution in [1.29, 1.82) is 0 Å². The van der Waals surface area contributed by atoms with Gasteiger partial charge < -0.3 is 5.11 Å². The summed E-state index contributed by atoms with van der Waals surface area (Å²) in [7, 11) is 0. The lowest BCUT2D eigenvalue weighted by molar-refractivity contribution is -0.699. The molecule has 0 atom stereocenters. The number of rotatable bonds is 11. The van der Waals surface area contributed by atoms with Gasteiger partial charge in [0.15, 0.2) is 18.5 Å². The highest BCUT2D eigenvalue weighted by Crippen LogP contribution is 2.41. The van der Waals surface area contributed by atoms with Gasteiger partial charge in [-0.15, -0.1) is 0 Å². The van der Waals surface area contributed by atoms with Crippen molar-refractivity contribution in [3.05, 3.63) is 123 Å². The van der Waals surface area contributed by atoms with Crippen LogP contribution in [0.1, 0.15) is 106 Å². The molecule has 45 heavy (non-hydrogen) atoms. The fourth-order valence-corrected chi connectivity index (χ4v) is 6.36. The molecule has 0 saturated heterocycles. The maximum atomic E-state index is 12.3. The average molecular weight is 607 g/mol. The SMILES string of the molecule is CC(C=CC1=C(C)CCCC1(C)C)=CC=CC(C)=Cc1cc(C=CC=C(C)C=CC2=C(C)C(=O)CCC2(C)C)cc[n+]1CCO. The smallest absolute Gasteiger partial charge is 0.206 e. The largest absolute Gasteiger partial charge is 0.390 e. The van der Waals surface area contributed by atoms with E-state index >= 15 is 0 Å². The van der Waals surface area contributed by atoms with Gasteiger partial charge in [-0.05, 0) is 99.0 Å². The van der Waals surface area contributed by atoms with E-state index in [0.717, 1.165) is 40.0 Å². The van der Waals surface area contributed by atoms with Crippen molar-refractivity contribution < 1.29 is 14.5 Å². The van der Waals surface area contributed by atoms with Crippen LogP contribution < -0.4 is 4.57 Å². The van der Waals surface area contributed by atoms with Gasteiger partial charge in [0.2, 0.25) is 5.69 Å². The number of carbonyl (C=O) groups is 1. The van der Waals surface area contributed by atoms with Crippen LogP contribution in [0.25, 0.3) is 12.2 Å². The molecule has 2 aliphatic rings. The highest BCUT2D eigenvalue weighted by Gasteiger charge is 2.30. The third-order valence-electron chi connectivity index (χ3n) is 9.27. The molecule has 3 rings (SSSR count). The molecule has 240 valence electrons. The van der Waals surface area contributed by atoms with E-state index in [1.807, 2.05) is 13.1 Å². The van der Waals surface area contributed by atoms with Crippen molar-refractivity contribution in [1.82, 2.24) is 0 Å². The van der Waals surface area contributed by atoms with E-state index in [4.69, 9.17) is 0 Å². The van der Waals surface area contributed by atoms with Crippen LogP contribution >= 0.6 is 0 Å². The minimum atomic E-state index is 0.0190. The summed E-state index contributed by atoms with van der Waals surface area (Å²) < 4.78 is 2.08. The number of aliphatic hydroxyl groups is 1. The van der Waals surface area contributed by atoms with Crippen molar-refractivity contribution in [2.75, 3.05) is 6.61 Å². The van der Waals surface area contributed by atoms with Gasteiger partial charge in [0.1, 0.15) is 6.61 Å². The molecule has 1 N–H and O–H groups in total. The first kappa shape index (κ1) is 35.9. The molecule has 0 fully saturated rings. The second kappa shape index (κ2) is 16.1. The number of carbonyl (C=O) groups excluding carboxylic acids is 1. The molecule has 1 aromatic rings. The molecule has 3 nitrogen and oxygen atoms in total. The lowest BCUT2D eigenvalue weighted by Crippen LogP contribution is -2.38. The molecule has 3 heteroatoms. The summed E-state index contributed by atoms with van der Waals surface area (Å²) in [5, 5.41) is 9.63. The zero-order chi connectivity index (χ0) is 33.2. The molecule has 0 saturated carbocycles. The van der Waals surface area contributed by atoms with Crippen molar-refractivity contribution in [3.8, 4) is 0 Å². The zero-order valence-corrected chi connectivity index (χ0v) is 29.3. The molecular weight excluding hydrogens is 550 g/mol. The third-order valence-corrected chi connectivity index (χ3v) is 9.27. The Bertz CT molecular complexity index is 1530. The highest BCUT2D eigenvalue weighted by atomic mass is 16.3. The Morgan fingerprint density at radius 3 is 2.16 bits per heavy atom. The standard InChI is InChI=1S/C42H56NO2/c1-31(18-20-38-34(4)16-12-24-41(38,6)7)13-10-15-33(3)29-37-30-36(23-26-43(37)27-28-44)17-11-14-32(2)19-21-39-35(5)40(45)22-25-42(39,8)9/h10-11,13-15,17-21,23,26,29-30,44H,12,16,22,24-25,27-28H2,1-9H3/q+1. The number of hydrogen-bond acceptors (Lipinski definition) is 2. The number of allylic oxidation sites excluding steroid dienone is 16. The lowest BCUT2D eigenvalue weighted by atomic mass is 9.72. The van der Waals surface area contributed by atoms with E-state index in [1.165, 1.54) is 36.0 Å². The van der Waals surface area contributed by atoms with E-state index in [9.17, 15) is 9.90 Å². The molecule has 1 heterocycles. The second-order valence-corrected chi connectivity index (χ2v) is 14.2. The van der Waals surface area contributed by atoms with Crippen LogP contribution in [0.4, 0.5) is 0 Å². The van der Waals surface area contributed by atoms with Crippen LogP contribution in [-0.4, -0.2) is 17.5 Å². The van der Waals surface area contributed by atoms with E-state index in [-0.39, 0.29) is 23.2 Å². The highest BCUT2D eigenvalue weighted by molar-refractivity contribution is 5.97. The van der Waals surface area contributed by atoms with Crippen LogP contribution in [0.2, 0.25) is 0 Å². The molecule has 0 radical (unpaired) electrons. The molecule has 0 unspecified atom stereocenters. The maximum Gasteiger partial charge on any atom is 0.206 e. The molecule has 1 aromatic heterocycles. The topological polar surface area (TPSA) is 41.2 Å². The number of hydrogen-bond donors (Lipinski definition) is 1. The van der Waals surface area contributed by atoms with Gasteiger partial charge >= 0.3 is 0 Å². The van der Waals surface area contributed by atoms with Gasteiger partial charge in [-0.1, -0.05) is 105 Å². The summed E-state index contributed by atoms with van der Waals surface area (Å²) in [5.41, 5.74) is 10.9. The second-order valence-electron chi connectivity index (χ2n) is 14.2. The summed E-state index contributed by atoms with van der Waals surface area (Å²) in [4.78, 5) is 12.3. The lowest BCUT2D eigenvalue weighted by Gasteiger charge is -2.32. The first-order valence-electron chi connectivity index (χ1n) is 16.6. The predicted molar refractivity (Wildman–Crippen MR) is 192 cm³/mol. The third kappa shape index (κ3) is 10.5. The monoisotopic (exact) mass is 606 g/mol. The minimum Gasteiger partial charge on any atom is -0.390 e. The van der Waals surface area contributed by atoms with Gasteiger partial charge in [-0.3, -0.25) is 4.79 Å². The van der Waals surface area contributed by atoms with Gasteiger partial charge in [-0.25, -0.2) is 0 Å².